The molecule has 2 N–H and O–H groups in total. The summed E-state index contributed by atoms with van der Waals surface area (Å²) in [7, 11) is 1.23. The molecule has 0 bridgehead atoms. The van der Waals surface area contributed by atoms with E-state index in [0.29, 0.717) is 16.8 Å². The van der Waals surface area contributed by atoms with Crippen molar-refractivity contribution in [2.24, 2.45) is 0 Å². The van der Waals surface area contributed by atoms with Gasteiger partial charge in [-0.15, -0.1) is 0 Å². The van der Waals surface area contributed by atoms with Crippen LogP contribution < -0.4 is 10.7 Å². The Labute approximate surface area is 221 Å². The normalized spacial score (nSPS) is 11.5. The molecule has 0 aliphatic carbocycles. The van der Waals surface area contributed by atoms with Crippen LogP contribution in [0.4, 0.5) is 19.5 Å². The van der Waals surface area contributed by atoms with Crippen LogP contribution in [0.3, 0.4) is 0 Å². The first kappa shape index (κ1) is 28.5. The van der Waals surface area contributed by atoms with Crippen LogP contribution in [0, 0.1) is 11.6 Å². The summed E-state index contributed by atoms with van der Waals surface area (Å²) in [5.74, 6) is -2.10. The predicted molar refractivity (Wildman–Crippen MR) is 133 cm³/mol. The molecule has 38 heavy (non-hydrogen) atoms. The number of ether oxygens (including phenoxy) is 2. The van der Waals surface area contributed by atoms with E-state index in [1.54, 1.807) is 12.1 Å². The van der Waals surface area contributed by atoms with Gasteiger partial charge in [0.2, 0.25) is 11.8 Å². The Hall–Kier alpha value is -4.03. The standard InChI is InChI=1S/C25H25ClF2N4O6/c1-15(33)32(29-13-17-6-4-8-20(28)24(17)26)19(9-10-23(34)36-2)14-37-25(35)30-22-12-21(31-38-22)16-5-3-7-18(27)11-16/h3-8,11-12,19,29H,9-10,13-14H2,1-2H3,(H,30,35)/t19-/m0/s1. The Bertz CT molecular complexity index is 1290. The molecular formula is C25H25ClF2N4O6. The van der Waals surface area contributed by atoms with Crippen molar-refractivity contribution in [2.45, 2.75) is 32.4 Å². The molecule has 2 amide bonds. The second kappa shape index (κ2) is 13.5. The van der Waals surface area contributed by atoms with E-state index in [2.05, 4.69) is 20.6 Å². The topological polar surface area (TPSA) is 123 Å². The van der Waals surface area contributed by atoms with Crippen LogP contribution in [0.5, 0.6) is 0 Å². The highest BCUT2D eigenvalue weighted by Crippen LogP contribution is 2.23. The molecule has 0 aliphatic rings. The summed E-state index contributed by atoms with van der Waals surface area (Å²) in [5, 5.41) is 7.22. The van der Waals surface area contributed by atoms with Crippen molar-refractivity contribution < 1.29 is 37.2 Å². The number of benzene rings is 2. The number of hydrogen-bond donors (Lipinski definition) is 2. The number of rotatable bonds is 11. The highest BCUT2D eigenvalue weighted by atomic mass is 35.5. The second-order valence-electron chi connectivity index (χ2n) is 8.02. The molecule has 0 fully saturated rings. The Morgan fingerprint density at radius 1 is 1.16 bits per heavy atom. The van der Waals surface area contributed by atoms with Gasteiger partial charge in [-0.2, -0.15) is 0 Å². The minimum absolute atomic E-state index is 0.0159. The van der Waals surface area contributed by atoms with Crippen molar-refractivity contribution >= 4 is 35.5 Å². The molecule has 0 aliphatic heterocycles. The number of aromatic nitrogens is 1. The summed E-state index contributed by atoms with van der Waals surface area (Å²) in [6.45, 7) is 0.934. The van der Waals surface area contributed by atoms with E-state index in [4.69, 9.17) is 20.9 Å². The molecular weight excluding hydrogens is 526 g/mol. The predicted octanol–water partition coefficient (Wildman–Crippen LogP) is 4.70. The fraction of sp³-hybridized carbons (Fsp3) is 0.280. The van der Waals surface area contributed by atoms with E-state index in [0.717, 1.165) is 0 Å². The maximum absolute atomic E-state index is 13.8. The van der Waals surface area contributed by atoms with Crippen molar-refractivity contribution in [3.63, 3.8) is 0 Å². The SMILES string of the molecule is COC(=O)CC[C@@H](COC(=O)Nc1cc(-c2cccc(F)c2)no1)N(NCc1cccc(F)c1Cl)C(C)=O. The zero-order chi connectivity index (χ0) is 27.7. The molecule has 1 aromatic heterocycles. The van der Waals surface area contributed by atoms with E-state index in [1.165, 1.54) is 55.4 Å². The van der Waals surface area contributed by atoms with E-state index in [1.807, 2.05) is 0 Å². The van der Waals surface area contributed by atoms with Crippen LogP contribution in [0.15, 0.2) is 53.1 Å². The van der Waals surface area contributed by atoms with Gasteiger partial charge in [0.15, 0.2) is 0 Å². The molecule has 0 unspecified atom stereocenters. The number of anilines is 1. The quantitative estimate of drug-likeness (QED) is 0.260. The first-order valence-electron chi connectivity index (χ1n) is 11.4. The molecule has 1 heterocycles. The molecule has 2 aromatic carbocycles. The fourth-order valence-corrected chi connectivity index (χ4v) is 3.65. The van der Waals surface area contributed by atoms with Crippen LogP contribution in [0.2, 0.25) is 5.02 Å². The monoisotopic (exact) mass is 550 g/mol. The summed E-state index contributed by atoms with van der Waals surface area (Å²) in [5.41, 5.74) is 3.98. The lowest BCUT2D eigenvalue weighted by Gasteiger charge is -2.31. The van der Waals surface area contributed by atoms with E-state index in [9.17, 15) is 23.2 Å². The van der Waals surface area contributed by atoms with Crippen LogP contribution in [0.1, 0.15) is 25.3 Å². The minimum Gasteiger partial charge on any atom is -0.469 e. The summed E-state index contributed by atoms with van der Waals surface area (Å²) < 4.78 is 42.2. The maximum Gasteiger partial charge on any atom is 0.414 e. The summed E-state index contributed by atoms with van der Waals surface area (Å²) in [6.07, 6.45) is -0.918. The second-order valence-corrected chi connectivity index (χ2v) is 8.39. The molecule has 202 valence electrons. The first-order chi connectivity index (χ1) is 18.2. The van der Waals surface area contributed by atoms with E-state index in [-0.39, 0.29) is 36.9 Å². The van der Waals surface area contributed by atoms with Gasteiger partial charge in [-0.3, -0.25) is 19.9 Å². The molecule has 0 radical (unpaired) electrons. The third kappa shape index (κ3) is 7.98. The number of esters is 1. The number of nitrogens with one attached hydrogen (secondary N) is 2. The van der Waals surface area contributed by atoms with Crippen LogP contribution >= 0.6 is 11.6 Å². The first-order valence-corrected chi connectivity index (χ1v) is 11.7. The number of carbonyl (C=O) groups is 3. The Kier molecular flexibility index (Phi) is 10.1. The van der Waals surface area contributed by atoms with Gasteiger partial charge in [0.05, 0.1) is 18.2 Å². The lowest BCUT2D eigenvalue weighted by atomic mass is 10.1. The highest BCUT2D eigenvalue weighted by molar-refractivity contribution is 6.31. The molecule has 3 rings (SSSR count). The summed E-state index contributed by atoms with van der Waals surface area (Å²) in [6, 6.07) is 10.5. The number of amides is 2. The van der Waals surface area contributed by atoms with Crippen molar-refractivity contribution in [2.75, 3.05) is 19.0 Å². The lowest BCUT2D eigenvalue weighted by molar-refractivity contribution is -0.143. The number of halogens is 3. The van der Waals surface area contributed by atoms with Crippen LogP contribution in [0.25, 0.3) is 11.3 Å². The molecule has 0 spiro atoms. The zero-order valence-corrected chi connectivity index (χ0v) is 21.3. The molecule has 10 nitrogen and oxygen atoms in total. The van der Waals surface area contributed by atoms with Gasteiger partial charge in [0.25, 0.3) is 0 Å². The fourth-order valence-electron chi connectivity index (χ4n) is 3.45. The van der Waals surface area contributed by atoms with Crippen LogP contribution in [-0.2, 0) is 25.6 Å². The average molecular weight is 551 g/mol. The third-order valence-corrected chi connectivity index (χ3v) is 5.77. The largest absolute Gasteiger partial charge is 0.469 e. The molecule has 0 saturated heterocycles. The van der Waals surface area contributed by atoms with Crippen molar-refractivity contribution in [3.8, 4) is 11.3 Å². The van der Waals surface area contributed by atoms with Gasteiger partial charge < -0.3 is 14.0 Å². The minimum atomic E-state index is -0.924. The van der Waals surface area contributed by atoms with Gasteiger partial charge in [-0.25, -0.2) is 19.0 Å². The number of carbonyl (C=O) groups excluding carboxylic acids is 3. The number of nitrogens with zero attached hydrogens (tertiary/aromatic N) is 2. The summed E-state index contributed by atoms with van der Waals surface area (Å²) in [4.78, 5) is 36.5. The number of hydrogen-bond acceptors (Lipinski definition) is 8. The Balaban J connectivity index is 1.65. The number of hydrazine groups is 1. The Morgan fingerprint density at radius 2 is 1.92 bits per heavy atom. The van der Waals surface area contributed by atoms with Crippen LogP contribution in [-0.4, -0.2) is 47.9 Å². The van der Waals surface area contributed by atoms with E-state index >= 15 is 0 Å². The Morgan fingerprint density at radius 3 is 2.63 bits per heavy atom. The van der Waals surface area contributed by atoms with Gasteiger partial charge in [-0.1, -0.05) is 41.0 Å². The van der Waals surface area contributed by atoms with Gasteiger partial charge in [-0.05, 0) is 30.2 Å². The zero-order valence-electron chi connectivity index (χ0n) is 20.5. The molecule has 13 heteroatoms. The van der Waals surface area contributed by atoms with Gasteiger partial charge in [0.1, 0.15) is 23.9 Å². The number of methoxy groups -OCH3 is 1. The average Bonchev–Trinajstić information content (AvgIpc) is 3.35. The highest BCUT2D eigenvalue weighted by Gasteiger charge is 2.25. The third-order valence-electron chi connectivity index (χ3n) is 5.35. The van der Waals surface area contributed by atoms with Gasteiger partial charge in [0, 0.05) is 31.5 Å². The van der Waals surface area contributed by atoms with Crippen molar-refractivity contribution in [1.29, 1.82) is 0 Å². The van der Waals surface area contributed by atoms with Crippen molar-refractivity contribution in [3.05, 3.63) is 70.8 Å². The van der Waals surface area contributed by atoms with E-state index < -0.39 is 35.6 Å². The maximum atomic E-state index is 13.8. The summed E-state index contributed by atoms with van der Waals surface area (Å²) >= 11 is 6.00. The lowest BCUT2D eigenvalue weighted by Crippen LogP contribution is -2.50. The molecule has 3 aromatic rings. The van der Waals surface area contributed by atoms with Gasteiger partial charge >= 0.3 is 12.1 Å². The smallest absolute Gasteiger partial charge is 0.414 e. The molecule has 0 saturated carbocycles. The molecule has 1 atom stereocenters. The van der Waals surface area contributed by atoms with Crippen molar-refractivity contribution in [1.82, 2.24) is 15.6 Å².